The van der Waals surface area contributed by atoms with Crippen LogP contribution in [0.15, 0.2) is 65.1 Å². The van der Waals surface area contributed by atoms with Gasteiger partial charge in [-0.3, -0.25) is 5.43 Å². The molecular formula is C18H15N3O2S. The summed E-state index contributed by atoms with van der Waals surface area (Å²) in [6, 6.07) is 17.1. The minimum Gasteiger partial charge on any atom is -0.465 e. The molecule has 2 aromatic carbocycles. The van der Waals surface area contributed by atoms with Crippen molar-refractivity contribution in [1.82, 2.24) is 4.98 Å². The first-order chi connectivity index (χ1) is 11.8. The standard InChI is InChI=1S/C18H15N3O2S/c1-23-17(22)15-10-6-5-9-14(15)11-19-21-18-20-16(12-24-18)13-7-3-2-4-8-13/h2-12H,1H3,(H,20,21). The van der Waals surface area contributed by atoms with Crippen LogP contribution in [-0.2, 0) is 4.74 Å². The SMILES string of the molecule is COC(=O)c1ccccc1C=NNc1nc(-c2ccccc2)cs1. The van der Waals surface area contributed by atoms with Gasteiger partial charge in [-0.2, -0.15) is 5.10 Å². The zero-order valence-electron chi connectivity index (χ0n) is 13.0. The highest BCUT2D eigenvalue weighted by atomic mass is 32.1. The topological polar surface area (TPSA) is 63.6 Å². The van der Waals surface area contributed by atoms with Crippen LogP contribution < -0.4 is 5.43 Å². The van der Waals surface area contributed by atoms with Crippen molar-refractivity contribution in [3.63, 3.8) is 0 Å². The van der Waals surface area contributed by atoms with Gasteiger partial charge in [-0.1, -0.05) is 48.5 Å². The van der Waals surface area contributed by atoms with Crippen LogP contribution >= 0.6 is 11.3 Å². The van der Waals surface area contributed by atoms with Gasteiger partial charge < -0.3 is 4.74 Å². The van der Waals surface area contributed by atoms with E-state index in [0.29, 0.717) is 16.3 Å². The highest BCUT2D eigenvalue weighted by Crippen LogP contribution is 2.24. The molecule has 0 spiro atoms. The predicted octanol–water partition coefficient (Wildman–Crippen LogP) is 4.04. The quantitative estimate of drug-likeness (QED) is 0.433. The van der Waals surface area contributed by atoms with Gasteiger partial charge in [0.25, 0.3) is 0 Å². The van der Waals surface area contributed by atoms with Crippen LogP contribution in [-0.4, -0.2) is 24.3 Å². The van der Waals surface area contributed by atoms with Crippen LogP contribution in [0.4, 0.5) is 5.13 Å². The van der Waals surface area contributed by atoms with Gasteiger partial charge in [0.05, 0.1) is 24.6 Å². The second kappa shape index (κ2) is 7.52. The minimum atomic E-state index is -0.391. The van der Waals surface area contributed by atoms with E-state index in [2.05, 4.69) is 15.5 Å². The Balaban J connectivity index is 1.72. The van der Waals surface area contributed by atoms with Crippen LogP contribution in [0.1, 0.15) is 15.9 Å². The lowest BCUT2D eigenvalue weighted by Crippen LogP contribution is -2.05. The van der Waals surface area contributed by atoms with Gasteiger partial charge in [-0.25, -0.2) is 9.78 Å². The summed E-state index contributed by atoms with van der Waals surface area (Å²) in [5.41, 5.74) is 5.99. The molecule has 1 N–H and O–H groups in total. The number of hydrazone groups is 1. The van der Waals surface area contributed by atoms with E-state index in [9.17, 15) is 4.79 Å². The lowest BCUT2D eigenvalue weighted by atomic mass is 10.1. The summed E-state index contributed by atoms with van der Waals surface area (Å²) in [7, 11) is 1.36. The maximum atomic E-state index is 11.7. The largest absolute Gasteiger partial charge is 0.465 e. The third kappa shape index (κ3) is 3.67. The Kier molecular flexibility index (Phi) is 4.98. The van der Waals surface area contributed by atoms with Gasteiger partial charge in [-0.05, 0) is 6.07 Å². The number of rotatable bonds is 5. The number of ether oxygens (including phenoxy) is 1. The number of aromatic nitrogens is 1. The molecule has 0 amide bonds. The number of hydrogen-bond acceptors (Lipinski definition) is 6. The van der Waals surface area contributed by atoms with Crippen LogP contribution in [0.25, 0.3) is 11.3 Å². The Morgan fingerprint density at radius 3 is 2.71 bits per heavy atom. The van der Waals surface area contributed by atoms with E-state index in [4.69, 9.17) is 4.74 Å². The monoisotopic (exact) mass is 337 g/mol. The number of methoxy groups -OCH3 is 1. The van der Waals surface area contributed by atoms with Crippen molar-refractivity contribution < 1.29 is 9.53 Å². The summed E-state index contributed by atoms with van der Waals surface area (Å²) < 4.78 is 4.76. The number of nitrogens with one attached hydrogen (secondary N) is 1. The second-order valence-corrected chi connectivity index (χ2v) is 5.71. The summed E-state index contributed by atoms with van der Waals surface area (Å²) in [5, 5.41) is 6.81. The molecule has 0 saturated carbocycles. The number of nitrogens with zero attached hydrogens (tertiary/aromatic N) is 2. The van der Waals surface area contributed by atoms with Crippen LogP contribution in [0.3, 0.4) is 0 Å². The molecule has 3 rings (SSSR count). The maximum absolute atomic E-state index is 11.7. The van der Waals surface area contributed by atoms with E-state index < -0.39 is 5.97 Å². The van der Waals surface area contributed by atoms with Gasteiger partial charge in [-0.15, -0.1) is 11.3 Å². The van der Waals surface area contributed by atoms with Crippen molar-refractivity contribution in [1.29, 1.82) is 0 Å². The highest BCUT2D eigenvalue weighted by Gasteiger charge is 2.09. The van der Waals surface area contributed by atoms with E-state index in [1.165, 1.54) is 18.4 Å². The Morgan fingerprint density at radius 1 is 1.17 bits per heavy atom. The Morgan fingerprint density at radius 2 is 1.92 bits per heavy atom. The first kappa shape index (κ1) is 15.9. The zero-order valence-corrected chi connectivity index (χ0v) is 13.8. The molecule has 24 heavy (non-hydrogen) atoms. The maximum Gasteiger partial charge on any atom is 0.338 e. The highest BCUT2D eigenvalue weighted by molar-refractivity contribution is 7.14. The molecular weight excluding hydrogens is 322 g/mol. The predicted molar refractivity (Wildman–Crippen MR) is 96.5 cm³/mol. The van der Waals surface area contributed by atoms with E-state index in [1.807, 2.05) is 41.8 Å². The summed E-state index contributed by atoms with van der Waals surface area (Å²) >= 11 is 1.47. The van der Waals surface area contributed by atoms with Crippen molar-refractivity contribution in [3.8, 4) is 11.3 Å². The van der Waals surface area contributed by atoms with E-state index in [1.54, 1.807) is 24.4 Å². The first-order valence-corrected chi connectivity index (χ1v) is 8.13. The summed E-state index contributed by atoms with van der Waals surface area (Å²) in [6.07, 6.45) is 1.58. The number of hydrogen-bond donors (Lipinski definition) is 1. The lowest BCUT2D eigenvalue weighted by Gasteiger charge is -2.02. The third-order valence-corrected chi connectivity index (χ3v) is 4.05. The fourth-order valence-corrected chi connectivity index (χ4v) is 2.80. The molecule has 1 heterocycles. The van der Waals surface area contributed by atoms with E-state index >= 15 is 0 Å². The molecule has 3 aromatic rings. The van der Waals surface area contributed by atoms with Gasteiger partial charge in [0.15, 0.2) is 0 Å². The van der Waals surface area contributed by atoms with Gasteiger partial charge in [0.1, 0.15) is 0 Å². The first-order valence-electron chi connectivity index (χ1n) is 7.25. The van der Waals surface area contributed by atoms with Crippen molar-refractivity contribution in [3.05, 3.63) is 71.1 Å². The normalized spacial score (nSPS) is 10.7. The molecule has 0 radical (unpaired) electrons. The second-order valence-electron chi connectivity index (χ2n) is 4.85. The molecule has 1 aromatic heterocycles. The van der Waals surface area contributed by atoms with Crippen LogP contribution in [0, 0.1) is 0 Å². The summed E-state index contributed by atoms with van der Waals surface area (Å²) in [4.78, 5) is 16.2. The van der Waals surface area contributed by atoms with Gasteiger partial charge >= 0.3 is 5.97 Å². The van der Waals surface area contributed by atoms with Crippen molar-refractivity contribution in [2.75, 3.05) is 12.5 Å². The molecule has 0 aliphatic carbocycles. The van der Waals surface area contributed by atoms with Crippen LogP contribution in [0.5, 0.6) is 0 Å². The molecule has 0 fully saturated rings. The molecule has 0 aliphatic heterocycles. The molecule has 120 valence electrons. The number of benzene rings is 2. The number of anilines is 1. The Hall–Kier alpha value is -2.99. The molecule has 0 bridgehead atoms. The number of thiazole rings is 1. The van der Waals surface area contributed by atoms with Gasteiger partial charge in [0.2, 0.25) is 5.13 Å². The van der Waals surface area contributed by atoms with E-state index in [0.717, 1.165) is 11.3 Å². The number of esters is 1. The Labute approximate surface area is 143 Å². The smallest absolute Gasteiger partial charge is 0.338 e. The molecule has 5 nitrogen and oxygen atoms in total. The average molecular weight is 337 g/mol. The number of carbonyl (C=O) groups excluding carboxylic acids is 1. The zero-order chi connectivity index (χ0) is 16.8. The van der Waals surface area contributed by atoms with Crippen molar-refractivity contribution >= 4 is 28.7 Å². The number of carbonyl (C=O) groups is 1. The molecule has 0 atom stereocenters. The van der Waals surface area contributed by atoms with Gasteiger partial charge in [0, 0.05) is 16.5 Å². The Bertz CT molecular complexity index is 859. The van der Waals surface area contributed by atoms with Crippen molar-refractivity contribution in [2.24, 2.45) is 5.10 Å². The minimum absolute atomic E-state index is 0.391. The molecule has 0 aliphatic rings. The van der Waals surface area contributed by atoms with E-state index in [-0.39, 0.29) is 0 Å². The molecule has 6 heteroatoms. The van der Waals surface area contributed by atoms with Crippen LogP contribution in [0.2, 0.25) is 0 Å². The summed E-state index contributed by atoms with van der Waals surface area (Å²) in [5.74, 6) is -0.391. The fourth-order valence-electron chi connectivity index (χ4n) is 2.13. The molecule has 0 unspecified atom stereocenters. The lowest BCUT2D eigenvalue weighted by molar-refractivity contribution is 0.0600. The van der Waals surface area contributed by atoms with Crippen molar-refractivity contribution in [2.45, 2.75) is 0 Å². The fraction of sp³-hybridized carbons (Fsp3) is 0.0556. The summed E-state index contributed by atoms with van der Waals surface area (Å²) in [6.45, 7) is 0. The molecule has 0 saturated heterocycles. The third-order valence-electron chi connectivity index (χ3n) is 3.30. The average Bonchev–Trinajstić information content (AvgIpc) is 3.11.